The molecule has 2 N–H and O–H groups in total. The smallest absolute Gasteiger partial charge is 0.183 e. The first-order valence-electron chi connectivity index (χ1n) is 12.4. The number of carbonyl (C=O) groups is 2. The number of nitrogens with one attached hydrogen (secondary N) is 2. The number of ether oxygens (including phenoxy) is 1. The van der Waals surface area contributed by atoms with Gasteiger partial charge in [0.2, 0.25) is 0 Å². The van der Waals surface area contributed by atoms with Gasteiger partial charge in [0.05, 0.1) is 5.69 Å². The lowest BCUT2D eigenvalue weighted by molar-refractivity contribution is 0.0913. The molecule has 34 heavy (non-hydrogen) atoms. The SMILES string of the molecule is CC(C)NCc1cccc(C(=O)C(C)CCC(C)NCCOc2cccc(C(=O)C(C)C)c2)n1. The highest BCUT2D eigenvalue weighted by molar-refractivity contribution is 5.97. The van der Waals surface area contributed by atoms with Gasteiger partial charge in [0.15, 0.2) is 11.6 Å². The fraction of sp³-hybridized carbons (Fsp3) is 0.536. The number of hydrogen-bond donors (Lipinski definition) is 2. The number of benzene rings is 1. The summed E-state index contributed by atoms with van der Waals surface area (Å²) in [5.41, 5.74) is 2.12. The van der Waals surface area contributed by atoms with E-state index in [9.17, 15) is 9.59 Å². The number of aromatic nitrogens is 1. The molecule has 0 spiro atoms. The molecule has 2 rings (SSSR count). The van der Waals surface area contributed by atoms with Crippen LogP contribution in [0.15, 0.2) is 42.5 Å². The highest BCUT2D eigenvalue weighted by Gasteiger charge is 2.18. The van der Waals surface area contributed by atoms with Crippen LogP contribution in [-0.2, 0) is 6.54 Å². The maximum absolute atomic E-state index is 12.8. The van der Waals surface area contributed by atoms with Crippen LogP contribution in [0.4, 0.5) is 0 Å². The molecule has 1 aromatic heterocycles. The van der Waals surface area contributed by atoms with Crippen LogP contribution in [0.2, 0.25) is 0 Å². The van der Waals surface area contributed by atoms with Gasteiger partial charge in [-0.1, -0.05) is 52.8 Å². The second-order valence-electron chi connectivity index (χ2n) is 9.64. The van der Waals surface area contributed by atoms with Crippen molar-refractivity contribution in [2.24, 2.45) is 11.8 Å². The largest absolute Gasteiger partial charge is 0.492 e. The van der Waals surface area contributed by atoms with E-state index in [2.05, 4.69) is 36.4 Å². The van der Waals surface area contributed by atoms with Crippen LogP contribution in [0.25, 0.3) is 0 Å². The summed E-state index contributed by atoms with van der Waals surface area (Å²) < 4.78 is 5.81. The molecule has 0 aliphatic carbocycles. The molecule has 0 amide bonds. The van der Waals surface area contributed by atoms with Gasteiger partial charge >= 0.3 is 0 Å². The van der Waals surface area contributed by atoms with Crippen molar-refractivity contribution in [3.8, 4) is 5.75 Å². The van der Waals surface area contributed by atoms with Crippen molar-refractivity contribution in [3.05, 3.63) is 59.4 Å². The Kier molecular flexibility index (Phi) is 11.4. The van der Waals surface area contributed by atoms with Gasteiger partial charge in [-0.15, -0.1) is 0 Å². The summed E-state index contributed by atoms with van der Waals surface area (Å²) in [4.78, 5) is 29.5. The van der Waals surface area contributed by atoms with Crippen LogP contribution < -0.4 is 15.4 Å². The van der Waals surface area contributed by atoms with Crippen molar-refractivity contribution < 1.29 is 14.3 Å². The topological polar surface area (TPSA) is 80.3 Å². The zero-order chi connectivity index (χ0) is 25.1. The normalized spacial score (nSPS) is 13.2. The zero-order valence-corrected chi connectivity index (χ0v) is 21.6. The number of nitrogens with zero attached hydrogens (tertiary/aromatic N) is 1. The minimum Gasteiger partial charge on any atom is -0.492 e. The fourth-order valence-corrected chi connectivity index (χ4v) is 3.56. The van der Waals surface area contributed by atoms with E-state index in [-0.39, 0.29) is 29.4 Å². The van der Waals surface area contributed by atoms with Crippen LogP contribution >= 0.6 is 0 Å². The van der Waals surface area contributed by atoms with Gasteiger partial charge in [0, 0.05) is 42.6 Å². The molecule has 6 heteroatoms. The lowest BCUT2D eigenvalue weighted by Crippen LogP contribution is -2.31. The summed E-state index contributed by atoms with van der Waals surface area (Å²) >= 11 is 0. The summed E-state index contributed by atoms with van der Waals surface area (Å²) in [5.74, 6) is 0.808. The summed E-state index contributed by atoms with van der Waals surface area (Å²) in [6.45, 7) is 13.9. The number of hydrogen-bond acceptors (Lipinski definition) is 6. The van der Waals surface area contributed by atoms with Crippen molar-refractivity contribution in [1.29, 1.82) is 0 Å². The van der Waals surface area contributed by atoms with Crippen molar-refractivity contribution in [2.75, 3.05) is 13.2 Å². The first kappa shape index (κ1) is 27.7. The van der Waals surface area contributed by atoms with Crippen LogP contribution in [-0.4, -0.2) is 41.8 Å². The Balaban J connectivity index is 1.72. The van der Waals surface area contributed by atoms with Gasteiger partial charge < -0.3 is 15.4 Å². The molecular formula is C28H41N3O3. The molecule has 0 radical (unpaired) electrons. The summed E-state index contributed by atoms with van der Waals surface area (Å²) in [5, 5.41) is 6.79. The monoisotopic (exact) mass is 467 g/mol. The van der Waals surface area contributed by atoms with E-state index >= 15 is 0 Å². The Morgan fingerprint density at radius 3 is 2.35 bits per heavy atom. The van der Waals surface area contributed by atoms with E-state index in [0.29, 0.717) is 42.7 Å². The summed E-state index contributed by atoms with van der Waals surface area (Å²) in [6.07, 6.45) is 1.68. The zero-order valence-electron chi connectivity index (χ0n) is 21.6. The lowest BCUT2D eigenvalue weighted by Gasteiger charge is -2.17. The maximum atomic E-state index is 12.8. The third kappa shape index (κ3) is 9.35. The van der Waals surface area contributed by atoms with E-state index in [0.717, 1.165) is 18.5 Å². The Bertz CT molecular complexity index is 927. The molecule has 0 aliphatic heterocycles. The van der Waals surface area contributed by atoms with Gasteiger partial charge in [-0.2, -0.15) is 0 Å². The molecule has 0 saturated carbocycles. The Morgan fingerprint density at radius 1 is 0.912 bits per heavy atom. The van der Waals surface area contributed by atoms with Crippen LogP contribution in [0.3, 0.4) is 0 Å². The second kappa shape index (κ2) is 14.0. The third-order valence-electron chi connectivity index (χ3n) is 5.74. The number of carbonyl (C=O) groups excluding carboxylic acids is 2. The average molecular weight is 468 g/mol. The molecule has 1 heterocycles. The lowest BCUT2D eigenvalue weighted by atomic mass is 9.96. The predicted molar refractivity (Wildman–Crippen MR) is 138 cm³/mol. The number of Topliss-reactive ketones (excluding diaryl/α,β-unsaturated/α-hetero) is 2. The van der Waals surface area contributed by atoms with Gasteiger partial charge in [-0.3, -0.25) is 9.59 Å². The standard InChI is InChI=1S/C28H41N3O3/c1-19(2)27(32)23-9-7-11-25(17-23)34-16-15-29-22(6)14-13-21(5)28(33)26-12-8-10-24(31-26)18-30-20(3)4/h7-12,17,19-22,29-30H,13-16,18H2,1-6H3. The minimum absolute atomic E-state index is 0.0337. The highest BCUT2D eigenvalue weighted by Crippen LogP contribution is 2.17. The van der Waals surface area contributed by atoms with Gasteiger partial charge in [0.25, 0.3) is 0 Å². The molecular weight excluding hydrogens is 426 g/mol. The number of ketones is 2. The minimum atomic E-state index is -0.0810. The second-order valence-corrected chi connectivity index (χ2v) is 9.64. The van der Waals surface area contributed by atoms with E-state index in [1.165, 1.54) is 0 Å². The van der Waals surface area contributed by atoms with Gasteiger partial charge in [0.1, 0.15) is 18.1 Å². The molecule has 2 atom stereocenters. The van der Waals surface area contributed by atoms with E-state index in [1.807, 2.05) is 51.1 Å². The molecule has 6 nitrogen and oxygen atoms in total. The van der Waals surface area contributed by atoms with Crippen molar-refractivity contribution in [1.82, 2.24) is 15.6 Å². The van der Waals surface area contributed by atoms with E-state index in [1.54, 1.807) is 12.1 Å². The summed E-state index contributed by atoms with van der Waals surface area (Å²) in [7, 11) is 0. The molecule has 0 fully saturated rings. The molecule has 1 aromatic carbocycles. The first-order chi connectivity index (χ1) is 16.2. The van der Waals surface area contributed by atoms with Crippen LogP contribution in [0.5, 0.6) is 5.75 Å². The van der Waals surface area contributed by atoms with E-state index < -0.39 is 0 Å². The molecule has 186 valence electrons. The predicted octanol–water partition coefficient (Wildman–Crippen LogP) is 5.07. The Morgan fingerprint density at radius 2 is 1.65 bits per heavy atom. The van der Waals surface area contributed by atoms with Crippen molar-refractivity contribution >= 4 is 11.6 Å². The average Bonchev–Trinajstić information content (AvgIpc) is 2.83. The van der Waals surface area contributed by atoms with Crippen LogP contribution in [0, 0.1) is 11.8 Å². The van der Waals surface area contributed by atoms with Crippen molar-refractivity contribution in [2.45, 2.75) is 73.0 Å². The van der Waals surface area contributed by atoms with Gasteiger partial charge in [-0.25, -0.2) is 4.98 Å². The third-order valence-corrected chi connectivity index (χ3v) is 5.74. The van der Waals surface area contributed by atoms with Gasteiger partial charge in [-0.05, 0) is 44.0 Å². The summed E-state index contributed by atoms with van der Waals surface area (Å²) in [6, 6.07) is 13.7. The van der Waals surface area contributed by atoms with E-state index in [4.69, 9.17) is 4.74 Å². The Hall–Kier alpha value is -2.57. The Labute approximate surface area is 204 Å². The first-order valence-corrected chi connectivity index (χ1v) is 12.4. The molecule has 0 aliphatic rings. The number of pyridine rings is 1. The molecule has 0 bridgehead atoms. The molecule has 2 aromatic rings. The van der Waals surface area contributed by atoms with Crippen molar-refractivity contribution in [3.63, 3.8) is 0 Å². The van der Waals surface area contributed by atoms with Crippen LogP contribution in [0.1, 0.15) is 80.9 Å². The maximum Gasteiger partial charge on any atom is 0.183 e. The highest BCUT2D eigenvalue weighted by atomic mass is 16.5. The molecule has 2 unspecified atom stereocenters. The molecule has 0 saturated heterocycles. The number of rotatable bonds is 15. The quantitative estimate of drug-likeness (QED) is 0.281. The fourth-order valence-electron chi connectivity index (χ4n) is 3.56.